The van der Waals surface area contributed by atoms with E-state index in [9.17, 15) is 4.39 Å². The lowest BCUT2D eigenvalue weighted by molar-refractivity contribution is 0.627. The number of anilines is 1. The van der Waals surface area contributed by atoms with Gasteiger partial charge in [-0.2, -0.15) is 5.10 Å². The highest BCUT2D eigenvalue weighted by atomic mass is 32.1. The summed E-state index contributed by atoms with van der Waals surface area (Å²) >= 11 is 1.57. The summed E-state index contributed by atoms with van der Waals surface area (Å²) in [7, 11) is 0. The first-order valence-electron chi connectivity index (χ1n) is 8.21. The van der Waals surface area contributed by atoms with Crippen LogP contribution in [0.25, 0.3) is 15.9 Å². The number of rotatable bonds is 4. The minimum absolute atomic E-state index is 0.238. The maximum atomic E-state index is 13.2. The first-order valence-corrected chi connectivity index (χ1v) is 9.03. The maximum absolute atomic E-state index is 13.2. The molecule has 26 heavy (non-hydrogen) atoms. The number of hydrogen-bond donors (Lipinski definition) is 1. The monoisotopic (exact) mass is 364 g/mol. The molecule has 2 aromatic heterocycles. The predicted molar refractivity (Wildman–Crippen MR) is 106 cm³/mol. The van der Waals surface area contributed by atoms with E-state index in [4.69, 9.17) is 0 Å². The van der Waals surface area contributed by atoms with Gasteiger partial charge < -0.3 is 4.57 Å². The average Bonchev–Trinajstić information content (AvgIpc) is 3.17. The fraction of sp³-hybridized carbons (Fsp3) is 0.100. The highest BCUT2D eigenvalue weighted by molar-refractivity contribution is 7.22. The number of fused-ring (bicyclic) bond motifs is 1. The molecule has 4 aromatic rings. The Hall–Kier alpha value is -2.99. The summed E-state index contributed by atoms with van der Waals surface area (Å²) in [6.45, 7) is 4.05. The quantitative estimate of drug-likeness (QED) is 0.395. The molecule has 130 valence electrons. The number of hydrogen-bond acceptors (Lipinski definition) is 4. The third kappa shape index (κ3) is 3.11. The van der Waals surface area contributed by atoms with Crippen molar-refractivity contribution >= 4 is 32.9 Å². The van der Waals surface area contributed by atoms with Crippen LogP contribution in [-0.2, 0) is 0 Å². The van der Waals surface area contributed by atoms with Crippen LogP contribution in [0.5, 0.6) is 0 Å². The van der Waals surface area contributed by atoms with E-state index in [-0.39, 0.29) is 5.82 Å². The van der Waals surface area contributed by atoms with Gasteiger partial charge in [0.25, 0.3) is 0 Å². The highest BCUT2D eigenvalue weighted by Crippen LogP contribution is 2.25. The average molecular weight is 364 g/mol. The van der Waals surface area contributed by atoms with E-state index in [1.807, 2.05) is 38.1 Å². The van der Waals surface area contributed by atoms with Crippen LogP contribution in [0.2, 0.25) is 0 Å². The summed E-state index contributed by atoms with van der Waals surface area (Å²) in [5.41, 5.74) is 8.01. The Morgan fingerprint density at radius 2 is 1.88 bits per heavy atom. The van der Waals surface area contributed by atoms with Crippen molar-refractivity contribution in [3.05, 3.63) is 77.4 Å². The Bertz CT molecular complexity index is 1060. The molecule has 0 saturated carbocycles. The minimum atomic E-state index is -0.238. The Morgan fingerprint density at radius 3 is 2.65 bits per heavy atom. The van der Waals surface area contributed by atoms with Crippen LogP contribution >= 0.6 is 11.3 Å². The number of thiazole rings is 1. The molecule has 0 fully saturated rings. The Labute approximate surface area is 154 Å². The van der Waals surface area contributed by atoms with Gasteiger partial charge in [0, 0.05) is 22.6 Å². The molecule has 2 aromatic carbocycles. The lowest BCUT2D eigenvalue weighted by Crippen LogP contribution is -1.99. The normalized spacial score (nSPS) is 11.5. The van der Waals surface area contributed by atoms with Gasteiger partial charge in [0.2, 0.25) is 5.13 Å². The molecule has 0 aliphatic heterocycles. The summed E-state index contributed by atoms with van der Waals surface area (Å²) in [6, 6.07) is 16.5. The van der Waals surface area contributed by atoms with Crippen molar-refractivity contribution in [3.63, 3.8) is 0 Å². The molecule has 6 heteroatoms. The third-order valence-corrected chi connectivity index (χ3v) is 5.15. The molecule has 0 unspecified atom stereocenters. The van der Waals surface area contributed by atoms with Crippen LogP contribution in [0.3, 0.4) is 0 Å². The van der Waals surface area contributed by atoms with Gasteiger partial charge in [-0.1, -0.05) is 23.5 Å². The number of para-hydroxylation sites is 1. The fourth-order valence-electron chi connectivity index (χ4n) is 2.98. The summed E-state index contributed by atoms with van der Waals surface area (Å²) in [6.07, 6.45) is 1.79. The van der Waals surface area contributed by atoms with Crippen molar-refractivity contribution in [2.24, 2.45) is 5.10 Å². The van der Waals surface area contributed by atoms with Gasteiger partial charge in [-0.3, -0.25) is 5.43 Å². The lowest BCUT2D eigenvalue weighted by atomic mass is 10.2. The zero-order valence-electron chi connectivity index (χ0n) is 14.4. The smallest absolute Gasteiger partial charge is 0.204 e. The fourth-order valence-corrected chi connectivity index (χ4v) is 3.80. The molecular weight excluding hydrogens is 347 g/mol. The SMILES string of the molecule is Cc1cc(/C=N/Nc2nc3ccccc3s2)c(C)n1-c1ccc(F)cc1. The molecule has 1 N–H and O–H groups in total. The van der Waals surface area contributed by atoms with Crippen LogP contribution in [0.15, 0.2) is 59.7 Å². The lowest BCUT2D eigenvalue weighted by Gasteiger charge is -2.09. The van der Waals surface area contributed by atoms with Crippen LogP contribution in [-0.4, -0.2) is 15.8 Å². The largest absolute Gasteiger partial charge is 0.318 e. The molecule has 0 saturated heterocycles. The van der Waals surface area contributed by atoms with E-state index < -0.39 is 0 Å². The summed E-state index contributed by atoms with van der Waals surface area (Å²) in [4.78, 5) is 4.50. The Morgan fingerprint density at radius 1 is 1.12 bits per heavy atom. The van der Waals surface area contributed by atoms with Gasteiger partial charge in [0.15, 0.2) is 0 Å². The first-order chi connectivity index (χ1) is 12.6. The van der Waals surface area contributed by atoms with Crippen LogP contribution in [0.1, 0.15) is 17.0 Å². The molecule has 0 atom stereocenters. The van der Waals surface area contributed by atoms with Crippen molar-refractivity contribution in [1.29, 1.82) is 0 Å². The van der Waals surface area contributed by atoms with Crippen molar-refractivity contribution in [3.8, 4) is 5.69 Å². The van der Waals surface area contributed by atoms with Gasteiger partial charge in [-0.15, -0.1) is 0 Å². The van der Waals surface area contributed by atoms with Gasteiger partial charge in [0.1, 0.15) is 5.82 Å². The van der Waals surface area contributed by atoms with Crippen molar-refractivity contribution in [1.82, 2.24) is 9.55 Å². The number of hydrazone groups is 1. The second-order valence-electron chi connectivity index (χ2n) is 6.00. The Kier molecular flexibility index (Phi) is 4.26. The zero-order chi connectivity index (χ0) is 18.1. The van der Waals surface area contributed by atoms with E-state index >= 15 is 0 Å². The second kappa shape index (κ2) is 6.72. The second-order valence-corrected chi connectivity index (χ2v) is 7.03. The van der Waals surface area contributed by atoms with Gasteiger partial charge in [-0.25, -0.2) is 9.37 Å². The van der Waals surface area contributed by atoms with E-state index in [1.54, 1.807) is 29.7 Å². The molecule has 4 nitrogen and oxygen atoms in total. The van der Waals surface area contributed by atoms with E-state index in [0.29, 0.717) is 0 Å². The number of nitrogens with one attached hydrogen (secondary N) is 1. The highest BCUT2D eigenvalue weighted by Gasteiger charge is 2.09. The first kappa shape index (κ1) is 16.5. The summed E-state index contributed by atoms with van der Waals surface area (Å²) in [5.74, 6) is -0.238. The number of nitrogens with zero attached hydrogens (tertiary/aromatic N) is 3. The summed E-state index contributed by atoms with van der Waals surface area (Å²) < 4.78 is 16.4. The van der Waals surface area contributed by atoms with E-state index in [0.717, 1.165) is 38.0 Å². The minimum Gasteiger partial charge on any atom is -0.318 e. The molecule has 0 radical (unpaired) electrons. The van der Waals surface area contributed by atoms with Gasteiger partial charge >= 0.3 is 0 Å². The molecule has 0 aliphatic carbocycles. The van der Waals surface area contributed by atoms with Gasteiger partial charge in [-0.05, 0) is 56.3 Å². The van der Waals surface area contributed by atoms with Crippen LogP contribution in [0, 0.1) is 19.7 Å². The van der Waals surface area contributed by atoms with Gasteiger partial charge in [0.05, 0.1) is 16.4 Å². The number of halogens is 1. The molecule has 0 aliphatic rings. The number of aryl methyl sites for hydroxylation is 1. The predicted octanol–water partition coefficient (Wildman–Crippen LogP) is 5.29. The topological polar surface area (TPSA) is 42.2 Å². The molecule has 0 amide bonds. The molecule has 4 rings (SSSR count). The number of benzene rings is 2. The van der Waals surface area contributed by atoms with Crippen molar-refractivity contribution in [2.45, 2.75) is 13.8 Å². The summed E-state index contributed by atoms with van der Waals surface area (Å²) in [5, 5.41) is 5.09. The van der Waals surface area contributed by atoms with Crippen molar-refractivity contribution < 1.29 is 4.39 Å². The molecular formula is C20H17FN4S. The Balaban J connectivity index is 1.57. The van der Waals surface area contributed by atoms with E-state index in [2.05, 4.69) is 26.1 Å². The zero-order valence-corrected chi connectivity index (χ0v) is 15.2. The van der Waals surface area contributed by atoms with Crippen LogP contribution in [0.4, 0.5) is 9.52 Å². The van der Waals surface area contributed by atoms with Crippen LogP contribution < -0.4 is 5.43 Å². The van der Waals surface area contributed by atoms with E-state index in [1.165, 1.54) is 12.1 Å². The molecule has 0 bridgehead atoms. The number of aromatic nitrogens is 2. The molecule has 2 heterocycles. The van der Waals surface area contributed by atoms with Crippen molar-refractivity contribution in [2.75, 3.05) is 5.43 Å². The third-order valence-electron chi connectivity index (χ3n) is 4.21. The maximum Gasteiger partial charge on any atom is 0.204 e. The molecule has 0 spiro atoms. The standard InChI is InChI=1S/C20H17FN4S/c1-13-11-15(14(2)25(13)17-9-7-16(21)8-10-17)12-22-24-20-23-18-5-3-4-6-19(18)26-20/h3-12H,1-2H3,(H,23,24)/b22-12+.